The van der Waals surface area contributed by atoms with Crippen LogP contribution in [0.5, 0.6) is 0 Å². The van der Waals surface area contributed by atoms with Gasteiger partial charge in [-0.25, -0.2) is 4.98 Å². The molecule has 4 nitrogen and oxygen atoms in total. The predicted octanol–water partition coefficient (Wildman–Crippen LogP) is 2.48. The maximum Gasteiger partial charge on any atom is 0.179 e. The van der Waals surface area contributed by atoms with Gasteiger partial charge in [-0.2, -0.15) is 0 Å². The molecule has 1 atom stereocenters. The van der Waals surface area contributed by atoms with E-state index in [9.17, 15) is 4.79 Å². The summed E-state index contributed by atoms with van der Waals surface area (Å²) in [6.07, 6.45) is 0. The van der Waals surface area contributed by atoms with Crippen LogP contribution in [0.3, 0.4) is 0 Å². The normalized spacial score (nSPS) is 13.2. The van der Waals surface area contributed by atoms with Crippen molar-refractivity contribution in [3.05, 3.63) is 29.6 Å². The Morgan fingerprint density at radius 2 is 2.06 bits per heavy atom. The Morgan fingerprint density at radius 3 is 2.67 bits per heavy atom. The van der Waals surface area contributed by atoms with Crippen molar-refractivity contribution >= 4 is 16.8 Å². The summed E-state index contributed by atoms with van der Waals surface area (Å²) < 4.78 is 0. The SMILES string of the molecule is CNC(C)C(=O)c1ccc2nc(C(C)C)[nH]c2c1. The molecule has 18 heavy (non-hydrogen) atoms. The first-order valence-corrected chi connectivity index (χ1v) is 6.24. The number of hydrogen-bond donors (Lipinski definition) is 2. The van der Waals surface area contributed by atoms with Crippen molar-refractivity contribution in [2.75, 3.05) is 7.05 Å². The van der Waals surface area contributed by atoms with Gasteiger partial charge in [-0.15, -0.1) is 0 Å². The summed E-state index contributed by atoms with van der Waals surface area (Å²) in [5, 5.41) is 2.96. The van der Waals surface area contributed by atoms with E-state index < -0.39 is 0 Å². The molecule has 0 spiro atoms. The summed E-state index contributed by atoms with van der Waals surface area (Å²) in [5.41, 5.74) is 2.54. The number of likely N-dealkylation sites (N-methyl/N-ethyl adjacent to an activating group) is 1. The van der Waals surface area contributed by atoms with Crippen LogP contribution in [-0.2, 0) is 0 Å². The Balaban J connectivity index is 2.41. The number of carbonyl (C=O) groups excluding carboxylic acids is 1. The minimum Gasteiger partial charge on any atom is -0.342 e. The molecule has 0 fully saturated rings. The smallest absolute Gasteiger partial charge is 0.179 e. The highest BCUT2D eigenvalue weighted by Crippen LogP contribution is 2.19. The van der Waals surface area contributed by atoms with Gasteiger partial charge in [0.05, 0.1) is 17.1 Å². The molecule has 1 unspecified atom stereocenters. The zero-order chi connectivity index (χ0) is 13.3. The van der Waals surface area contributed by atoms with E-state index in [0.29, 0.717) is 11.5 Å². The van der Waals surface area contributed by atoms with Gasteiger partial charge in [0.15, 0.2) is 5.78 Å². The first kappa shape index (κ1) is 12.8. The summed E-state index contributed by atoms with van der Waals surface area (Å²) in [4.78, 5) is 19.8. The molecule has 1 aromatic heterocycles. The number of Topliss-reactive ketones (excluding diaryl/α,β-unsaturated/α-hetero) is 1. The van der Waals surface area contributed by atoms with Crippen LogP contribution in [0.15, 0.2) is 18.2 Å². The third-order valence-corrected chi connectivity index (χ3v) is 3.16. The van der Waals surface area contributed by atoms with Crippen LogP contribution in [0.4, 0.5) is 0 Å². The minimum atomic E-state index is -0.171. The molecule has 0 saturated carbocycles. The van der Waals surface area contributed by atoms with E-state index in [4.69, 9.17) is 0 Å². The molecule has 0 saturated heterocycles. The molecule has 2 N–H and O–H groups in total. The van der Waals surface area contributed by atoms with Crippen LogP contribution < -0.4 is 5.32 Å². The molecule has 0 aliphatic carbocycles. The van der Waals surface area contributed by atoms with Gasteiger partial charge in [-0.1, -0.05) is 13.8 Å². The lowest BCUT2D eigenvalue weighted by Crippen LogP contribution is -2.30. The molecule has 2 rings (SSSR count). The number of imidazole rings is 1. The van der Waals surface area contributed by atoms with Gasteiger partial charge < -0.3 is 10.3 Å². The van der Waals surface area contributed by atoms with Crippen LogP contribution >= 0.6 is 0 Å². The molecule has 0 aliphatic heterocycles. The van der Waals surface area contributed by atoms with Crippen molar-refractivity contribution < 1.29 is 4.79 Å². The number of carbonyl (C=O) groups is 1. The highest BCUT2D eigenvalue weighted by atomic mass is 16.1. The third-order valence-electron chi connectivity index (χ3n) is 3.16. The Labute approximate surface area is 107 Å². The van der Waals surface area contributed by atoms with E-state index in [-0.39, 0.29) is 11.8 Å². The molecule has 4 heteroatoms. The molecule has 0 aliphatic rings. The van der Waals surface area contributed by atoms with Crippen LogP contribution in [0.25, 0.3) is 11.0 Å². The van der Waals surface area contributed by atoms with Gasteiger partial charge in [0.25, 0.3) is 0 Å². The fraction of sp³-hybridized carbons (Fsp3) is 0.429. The molecule has 0 bridgehead atoms. The number of hydrogen-bond acceptors (Lipinski definition) is 3. The van der Waals surface area contributed by atoms with Crippen LogP contribution in [0.2, 0.25) is 0 Å². The Morgan fingerprint density at radius 1 is 1.33 bits per heavy atom. The number of fused-ring (bicyclic) bond motifs is 1. The first-order chi connectivity index (χ1) is 8.52. The van der Waals surface area contributed by atoms with Crippen LogP contribution in [0, 0.1) is 0 Å². The zero-order valence-electron chi connectivity index (χ0n) is 11.2. The number of rotatable bonds is 4. The van der Waals surface area contributed by atoms with Gasteiger partial charge in [-0.3, -0.25) is 4.79 Å². The fourth-order valence-electron chi connectivity index (χ4n) is 1.84. The third kappa shape index (κ3) is 2.29. The van der Waals surface area contributed by atoms with Crippen molar-refractivity contribution in [3.8, 4) is 0 Å². The van der Waals surface area contributed by atoms with Crippen molar-refractivity contribution in [3.63, 3.8) is 0 Å². The fourth-order valence-corrected chi connectivity index (χ4v) is 1.84. The molecule has 1 aromatic carbocycles. The van der Waals surface area contributed by atoms with E-state index in [2.05, 4.69) is 29.1 Å². The molecule has 0 radical (unpaired) electrons. The molecule has 0 amide bonds. The number of benzene rings is 1. The largest absolute Gasteiger partial charge is 0.342 e. The van der Waals surface area contributed by atoms with Gasteiger partial charge in [0.1, 0.15) is 5.82 Å². The standard InChI is InChI=1S/C14H19N3O/c1-8(2)14-16-11-6-5-10(7-12(11)17-14)13(18)9(3)15-4/h5-9,15H,1-4H3,(H,16,17). The number of aromatic nitrogens is 2. The maximum absolute atomic E-state index is 12.1. The molecular weight excluding hydrogens is 226 g/mol. The molecule has 1 heterocycles. The molecular formula is C14H19N3O. The van der Waals surface area contributed by atoms with Crippen LogP contribution in [0.1, 0.15) is 42.9 Å². The van der Waals surface area contributed by atoms with Crippen molar-refractivity contribution in [1.82, 2.24) is 15.3 Å². The lowest BCUT2D eigenvalue weighted by atomic mass is 10.1. The molecule has 96 valence electrons. The maximum atomic E-state index is 12.1. The lowest BCUT2D eigenvalue weighted by molar-refractivity contribution is 0.0955. The number of aromatic amines is 1. The Bertz CT molecular complexity index is 571. The Hall–Kier alpha value is -1.68. The van der Waals surface area contributed by atoms with Gasteiger partial charge >= 0.3 is 0 Å². The van der Waals surface area contributed by atoms with Crippen molar-refractivity contribution in [2.24, 2.45) is 0 Å². The lowest BCUT2D eigenvalue weighted by Gasteiger charge is -2.08. The Kier molecular flexibility index (Phi) is 3.48. The minimum absolute atomic E-state index is 0.0973. The summed E-state index contributed by atoms with van der Waals surface area (Å²) in [5.74, 6) is 1.41. The van der Waals surface area contributed by atoms with Gasteiger partial charge in [0.2, 0.25) is 0 Å². The summed E-state index contributed by atoms with van der Waals surface area (Å²) in [6.45, 7) is 6.04. The van der Waals surface area contributed by atoms with E-state index >= 15 is 0 Å². The van der Waals surface area contributed by atoms with Crippen molar-refractivity contribution in [2.45, 2.75) is 32.7 Å². The zero-order valence-corrected chi connectivity index (χ0v) is 11.2. The summed E-state index contributed by atoms with van der Waals surface area (Å²) in [7, 11) is 1.79. The van der Waals surface area contributed by atoms with E-state index in [1.165, 1.54) is 0 Å². The summed E-state index contributed by atoms with van der Waals surface area (Å²) in [6, 6.07) is 5.44. The second kappa shape index (κ2) is 4.90. The van der Waals surface area contributed by atoms with E-state index in [0.717, 1.165) is 16.9 Å². The highest BCUT2D eigenvalue weighted by molar-refractivity contribution is 6.02. The summed E-state index contributed by atoms with van der Waals surface area (Å²) >= 11 is 0. The quantitative estimate of drug-likeness (QED) is 0.814. The van der Waals surface area contributed by atoms with Crippen LogP contribution in [-0.4, -0.2) is 28.8 Å². The molecule has 2 aromatic rings. The van der Waals surface area contributed by atoms with Crippen molar-refractivity contribution in [1.29, 1.82) is 0 Å². The number of nitrogens with one attached hydrogen (secondary N) is 2. The predicted molar refractivity (Wildman–Crippen MR) is 73.0 cm³/mol. The monoisotopic (exact) mass is 245 g/mol. The first-order valence-electron chi connectivity index (χ1n) is 6.24. The number of nitrogens with zero attached hydrogens (tertiary/aromatic N) is 1. The van der Waals surface area contributed by atoms with Gasteiger partial charge in [-0.05, 0) is 32.2 Å². The highest BCUT2D eigenvalue weighted by Gasteiger charge is 2.14. The second-order valence-electron chi connectivity index (χ2n) is 4.88. The second-order valence-corrected chi connectivity index (χ2v) is 4.88. The number of ketones is 1. The van der Waals surface area contributed by atoms with E-state index in [1.54, 1.807) is 7.05 Å². The average molecular weight is 245 g/mol. The average Bonchev–Trinajstić information content (AvgIpc) is 2.79. The van der Waals surface area contributed by atoms with E-state index in [1.807, 2.05) is 25.1 Å². The van der Waals surface area contributed by atoms with Gasteiger partial charge in [0, 0.05) is 11.5 Å². The topological polar surface area (TPSA) is 57.8 Å². The number of H-pyrrole nitrogens is 1.